The van der Waals surface area contributed by atoms with E-state index in [9.17, 15) is 4.79 Å². The van der Waals surface area contributed by atoms with E-state index in [-0.39, 0.29) is 5.69 Å². The molecule has 0 radical (unpaired) electrons. The van der Waals surface area contributed by atoms with Gasteiger partial charge in [0.15, 0.2) is 0 Å². The Balaban J connectivity index is 0.000000162. The molecule has 0 unspecified atom stereocenters. The average Bonchev–Trinajstić information content (AvgIpc) is 2.33. The first-order valence-electron chi connectivity index (χ1n) is 4.06. The van der Waals surface area contributed by atoms with Crippen LogP contribution in [0.3, 0.4) is 0 Å². The summed E-state index contributed by atoms with van der Waals surface area (Å²) in [6, 6.07) is 1.78. The van der Waals surface area contributed by atoms with Crippen LogP contribution >= 0.6 is 0 Å². The first-order chi connectivity index (χ1) is 7.30. The highest BCUT2D eigenvalue weighted by atomic mass is 16.1. The van der Waals surface area contributed by atoms with Gasteiger partial charge in [-0.3, -0.25) is 9.78 Å². The van der Waals surface area contributed by atoms with E-state index in [1.165, 1.54) is 24.9 Å². The Labute approximate surface area is 86.2 Å². The lowest BCUT2D eigenvalue weighted by molar-refractivity contribution is 0.0995. The molecule has 2 aromatic rings. The van der Waals surface area contributed by atoms with Gasteiger partial charge >= 0.3 is 0 Å². The molecule has 0 atom stereocenters. The Bertz CT molecular complexity index is 365. The van der Waals surface area contributed by atoms with Crippen LogP contribution in [0, 0.1) is 0 Å². The summed E-state index contributed by atoms with van der Waals surface area (Å²) in [5.41, 5.74) is 5.06. The highest BCUT2D eigenvalue weighted by Gasteiger charge is 1.97. The zero-order valence-electron chi connectivity index (χ0n) is 7.82. The van der Waals surface area contributed by atoms with Gasteiger partial charge in [-0.2, -0.15) is 0 Å². The highest BCUT2D eigenvalue weighted by molar-refractivity contribution is 5.90. The van der Waals surface area contributed by atoms with Crippen LogP contribution in [0.25, 0.3) is 0 Å². The summed E-state index contributed by atoms with van der Waals surface area (Å²) >= 11 is 0. The number of carbonyl (C=O) groups is 1. The van der Waals surface area contributed by atoms with Crippen molar-refractivity contribution < 1.29 is 4.79 Å². The predicted molar refractivity (Wildman–Crippen MR) is 52.6 cm³/mol. The van der Waals surface area contributed by atoms with E-state index in [2.05, 4.69) is 19.9 Å². The maximum atomic E-state index is 10.3. The minimum absolute atomic E-state index is 0.192. The molecule has 6 heteroatoms. The van der Waals surface area contributed by atoms with Crippen LogP contribution in [0.15, 0.2) is 43.4 Å². The lowest BCUT2D eigenvalue weighted by Gasteiger charge is -1.87. The Morgan fingerprint density at radius 2 is 1.80 bits per heavy atom. The number of nitrogens with two attached hydrogens (primary N) is 1. The molecule has 76 valence electrons. The zero-order valence-corrected chi connectivity index (χ0v) is 7.82. The first kappa shape index (κ1) is 10.7. The molecular weight excluding hydrogens is 194 g/mol. The second-order valence-electron chi connectivity index (χ2n) is 2.36. The second kappa shape index (κ2) is 6.14. The molecule has 2 N–H and O–H groups in total. The van der Waals surface area contributed by atoms with Crippen molar-refractivity contribution in [3.8, 4) is 0 Å². The van der Waals surface area contributed by atoms with Gasteiger partial charge in [0, 0.05) is 24.8 Å². The molecule has 0 aliphatic carbocycles. The predicted octanol–water partition coefficient (Wildman–Crippen LogP) is 0.0521. The van der Waals surface area contributed by atoms with Crippen molar-refractivity contribution in [1.29, 1.82) is 0 Å². The number of primary amides is 1. The molecule has 15 heavy (non-hydrogen) atoms. The lowest BCUT2D eigenvalue weighted by atomic mass is 10.4. The summed E-state index contributed by atoms with van der Waals surface area (Å²) in [7, 11) is 0. The fraction of sp³-hybridized carbons (Fsp3) is 0. The summed E-state index contributed by atoms with van der Waals surface area (Å²) in [4.78, 5) is 25.0. The van der Waals surface area contributed by atoms with Crippen LogP contribution in [-0.2, 0) is 0 Å². The van der Waals surface area contributed by atoms with E-state index < -0.39 is 5.91 Å². The van der Waals surface area contributed by atoms with Gasteiger partial charge < -0.3 is 5.73 Å². The number of aromatic nitrogens is 4. The molecule has 0 saturated carbocycles. The summed E-state index contributed by atoms with van der Waals surface area (Å²) in [5, 5.41) is 0. The quantitative estimate of drug-likeness (QED) is 0.706. The van der Waals surface area contributed by atoms with Gasteiger partial charge in [-0.25, -0.2) is 15.0 Å². The number of amides is 1. The van der Waals surface area contributed by atoms with Crippen molar-refractivity contribution >= 4 is 5.91 Å². The van der Waals surface area contributed by atoms with E-state index in [0.717, 1.165) is 0 Å². The Morgan fingerprint density at radius 1 is 1.07 bits per heavy atom. The lowest BCUT2D eigenvalue weighted by Crippen LogP contribution is -2.12. The van der Waals surface area contributed by atoms with Gasteiger partial charge in [0.2, 0.25) is 0 Å². The molecule has 0 aromatic carbocycles. The van der Waals surface area contributed by atoms with Crippen LogP contribution in [-0.4, -0.2) is 25.8 Å². The molecule has 2 heterocycles. The molecule has 0 bridgehead atoms. The third kappa shape index (κ3) is 4.41. The van der Waals surface area contributed by atoms with E-state index >= 15 is 0 Å². The first-order valence-corrected chi connectivity index (χ1v) is 4.06. The van der Waals surface area contributed by atoms with Gasteiger partial charge in [-0.05, 0) is 6.07 Å². The van der Waals surface area contributed by atoms with Crippen molar-refractivity contribution in [2.45, 2.75) is 0 Å². The minimum Gasteiger partial charge on any atom is -0.364 e. The van der Waals surface area contributed by atoms with Gasteiger partial charge in [0.1, 0.15) is 12.0 Å². The summed E-state index contributed by atoms with van der Waals surface area (Å²) in [6.45, 7) is 0. The van der Waals surface area contributed by atoms with Crippen molar-refractivity contribution in [3.63, 3.8) is 0 Å². The fourth-order valence-corrected chi connectivity index (χ4v) is 0.680. The van der Waals surface area contributed by atoms with Gasteiger partial charge in [-0.15, -0.1) is 0 Å². The Hall–Kier alpha value is -2.37. The normalized spacial score (nSPS) is 8.53. The van der Waals surface area contributed by atoms with E-state index in [1.54, 1.807) is 18.5 Å². The molecule has 1 amide bonds. The van der Waals surface area contributed by atoms with Gasteiger partial charge in [-0.1, -0.05) is 0 Å². The van der Waals surface area contributed by atoms with Crippen LogP contribution in [0.1, 0.15) is 10.5 Å². The van der Waals surface area contributed by atoms with E-state index in [1.807, 2.05) is 0 Å². The van der Waals surface area contributed by atoms with Crippen LogP contribution in [0.2, 0.25) is 0 Å². The molecular formula is C9H9N5O. The molecule has 0 spiro atoms. The Morgan fingerprint density at radius 3 is 2.07 bits per heavy atom. The number of hydrogen-bond acceptors (Lipinski definition) is 5. The largest absolute Gasteiger partial charge is 0.364 e. The molecule has 0 saturated heterocycles. The number of rotatable bonds is 1. The fourth-order valence-electron chi connectivity index (χ4n) is 0.680. The Kier molecular flexibility index (Phi) is 4.38. The molecule has 0 aliphatic rings. The minimum atomic E-state index is -0.553. The van der Waals surface area contributed by atoms with Crippen molar-refractivity contribution in [3.05, 3.63) is 49.1 Å². The summed E-state index contributed by atoms with van der Waals surface area (Å²) < 4.78 is 0. The number of carbonyl (C=O) groups excluding carboxylic acids is 1. The van der Waals surface area contributed by atoms with Crippen LogP contribution in [0.4, 0.5) is 0 Å². The standard InChI is InChI=1S/C5H5N3O.C4H4N2/c6-5(9)4-3-7-1-2-8-4;1-2-5-4-6-3-1/h1-3H,(H2,6,9);1-4H. The van der Waals surface area contributed by atoms with Crippen LogP contribution < -0.4 is 5.73 Å². The average molecular weight is 203 g/mol. The third-order valence-electron chi connectivity index (χ3n) is 1.29. The maximum absolute atomic E-state index is 10.3. The van der Waals surface area contributed by atoms with E-state index in [4.69, 9.17) is 5.73 Å². The number of nitrogens with zero attached hydrogens (tertiary/aromatic N) is 4. The summed E-state index contributed by atoms with van der Waals surface area (Å²) in [6.07, 6.45) is 9.09. The topological polar surface area (TPSA) is 94.7 Å². The molecule has 6 nitrogen and oxygen atoms in total. The number of hydrogen-bond donors (Lipinski definition) is 1. The van der Waals surface area contributed by atoms with Crippen LogP contribution in [0.5, 0.6) is 0 Å². The maximum Gasteiger partial charge on any atom is 0.268 e. The van der Waals surface area contributed by atoms with Gasteiger partial charge in [0.25, 0.3) is 5.91 Å². The zero-order chi connectivity index (χ0) is 10.9. The smallest absolute Gasteiger partial charge is 0.268 e. The molecule has 2 aromatic heterocycles. The third-order valence-corrected chi connectivity index (χ3v) is 1.29. The molecule has 0 fully saturated rings. The second-order valence-corrected chi connectivity index (χ2v) is 2.36. The molecule has 0 aliphatic heterocycles. The van der Waals surface area contributed by atoms with Gasteiger partial charge in [0.05, 0.1) is 6.20 Å². The van der Waals surface area contributed by atoms with E-state index in [0.29, 0.717) is 0 Å². The highest BCUT2D eigenvalue weighted by Crippen LogP contribution is 1.84. The summed E-state index contributed by atoms with van der Waals surface area (Å²) in [5.74, 6) is -0.553. The van der Waals surface area contributed by atoms with Crippen molar-refractivity contribution in [2.75, 3.05) is 0 Å². The monoisotopic (exact) mass is 203 g/mol. The SMILES string of the molecule is NC(=O)c1cnccn1.c1cncnc1. The molecule has 2 rings (SSSR count). The van der Waals surface area contributed by atoms with Crippen molar-refractivity contribution in [1.82, 2.24) is 19.9 Å². The van der Waals surface area contributed by atoms with Crippen molar-refractivity contribution in [2.24, 2.45) is 5.73 Å².